The zero-order valence-corrected chi connectivity index (χ0v) is 25.1. The molecule has 44 heavy (non-hydrogen) atoms. The van der Waals surface area contributed by atoms with Crippen LogP contribution in [0.15, 0.2) is 94.4 Å². The molecule has 1 amide bonds. The summed E-state index contributed by atoms with van der Waals surface area (Å²) in [5.41, 5.74) is 6.34. The van der Waals surface area contributed by atoms with E-state index in [2.05, 4.69) is 27.2 Å². The topological polar surface area (TPSA) is 121 Å². The fraction of sp³-hybridized carbons (Fsp3) is 0.125. The molecule has 0 aliphatic rings. The Kier molecular flexibility index (Phi) is 9.32. The van der Waals surface area contributed by atoms with Crippen molar-refractivity contribution in [3.8, 4) is 17.2 Å². The van der Waals surface area contributed by atoms with Crippen LogP contribution in [-0.4, -0.2) is 21.6 Å². The number of ether oxygens (including phenoxy) is 2. The first-order valence-electron chi connectivity index (χ1n) is 13.3. The molecule has 3 aromatic carbocycles. The number of amides is 1. The molecule has 5 rings (SSSR count). The van der Waals surface area contributed by atoms with E-state index in [1.807, 2.05) is 38.1 Å². The number of nitro benzene ring substituents is 1. The van der Waals surface area contributed by atoms with Gasteiger partial charge in [-0.1, -0.05) is 35.3 Å². The van der Waals surface area contributed by atoms with Gasteiger partial charge in [0.1, 0.15) is 24.7 Å². The highest BCUT2D eigenvalue weighted by Crippen LogP contribution is 2.36. The van der Waals surface area contributed by atoms with Gasteiger partial charge in [-0.05, 0) is 86.1 Å². The molecule has 0 spiro atoms. The third-order valence-electron chi connectivity index (χ3n) is 6.55. The van der Waals surface area contributed by atoms with Crippen LogP contribution in [0, 0.1) is 24.0 Å². The van der Waals surface area contributed by atoms with Gasteiger partial charge in [0.25, 0.3) is 0 Å². The molecule has 0 radical (unpaired) electrons. The van der Waals surface area contributed by atoms with Crippen molar-refractivity contribution in [3.63, 3.8) is 0 Å². The molecule has 0 aliphatic carbocycles. The normalized spacial score (nSPS) is 11.1. The number of carbonyl (C=O) groups is 1. The van der Waals surface area contributed by atoms with Gasteiger partial charge in [0.15, 0.2) is 5.76 Å². The monoisotopic (exact) mass is 632 g/mol. The van der Waals surface area contributed by atoms with Crippen LogP contribution in [0.5, 0.6) is 11.5 Å². The quantitative estimate of drug-likeness (QED) is 0.0899. The van der Waals surface area contributed by atoms with E-state index in [0.29, 0.717) is 16.5 Å². The average molecular weight is 633 g/mol. The number of aromatic nitrogens is 1. The van der Waals surface area contributed by atoms with Gasteiger partial charge < -0.3 is 18.5 Å². The summed E-state index contributed by atoms with van der Waals surface area (Å²) in [6.45, 7) is 4.27. The number of aryl methyl sites for hydroxylation is 2. The van der Waals surface area contributed by atoms with Gasteiger partial charge >= 0.3 is 11.6 Å². The molecule has 1 N–H and O–H groups in total. The number of hydrogen-bond acceptors (Lipinski definition) is 7. The Labute approximate surface area is 262 Å². The summed E-state index contributed by atoms with van der Waals surface area (Å²) in [7, 11) is 0. The van der Waals surface area contributed by atoms with Crippen molar-refractivity contribution in [2.24, 2.45) is 5.10 Å². The number of benzene rings is 3. The number of nitro groups is 1. The van der Waals surface area contributed by atoms with Crippen LogP contribution in [0.1, 0.15) is 38.8 Å². The number of nitrogens with one attached hydrogen (secondary N) is 1. The van der Waals surface area contributed by atoms with Crippen molar-refractivity contribution >= 4 is 41.0 Å². The molecule has 224 valence electrons. The van der Waals surface area contributed by atoms with E-state index >= 15 is 0 Å². The predicted molar refractivity (Wildman–Crippen MR) is 167 cm³/mol. The van der Waals surface area contributed by atoms with Crippen LogP contribution < -0.4 is 14.9 Å². The number of rotatable bonds is 11. The van der Waals surface area contributed by atoms with Gasteiger partial charge in [-0.3, -0.25) is 14.9 Å². The Morgan fingerprint density at radius 1 is 0.955 bits per heavy atom. The van der Waals surface area contributed by atoms with Crippen LogP contribution in [0.25, 0.3) is 5.69 Å². The molecular formula is C32H26Cl2N4O6. The molecule has 2 heterocycles. The van der Waals surface area contributed by atoms with Crippen LogP contribution >= 0.6 is 23.2 Å². The molecule has 12 heteroatoms. The predicted octanol–water partition coefficient (Wildman–Crippen LogP) is 7.82. The molecular weight excluding hydrogens is 607 g/mol. The number of hydrazone groups is 1. The highest BCUT2D eigenvalue weighted by molar-refractivity contribution is 6.32. The zero-order chi connectivity index (χ0) is 31.2. The lowest BCUT2D eigenvalue weighted by Crippen LogP contribution is -2.16. The maximum absolute atomic E-state index is 12.5. The summed E-state index contributed by atoms with van der Waals surface area (Å²) in [4.78, 5) is 23.6. The Balaban J connectivity index is 1.16. The lowest BCUT2D eigenvalue weighted by atomic mass is 10.2. The Morgan fingerprint density at radius 3 is 2.34 bits per heavy atom. The second-order valence-corrected chi connectivity index (χ2v) is 10.6. The number of carbonyl (C=O) groups excluding carboxylic acids is 1. The molecule has 0 fully saturated rings. The summed E-state index contributed by atoms with van der Waals surface area (Å²) in [6.07, 6.45) is 1.23. The molecule has 10 nitrogen and oxygen atoms in total. The highest BCUT2D eigenvalue weighted by atomic mass is 35.5. The summed E-state index contributed by atoms with van der Waals surface area (Å²) >= 11 is 12.2. The average Bonchev–Trinajstić information content (AvgIpc) is 3.62. The second kappa shape index (κ2) is 13.5. The number of halogens is 2. The molecule has 2 aromatic heterocycles. The minimum atomic E-state index is -0.613. The first-order chi connectivity index (χ1) is 21.2. The van der Waals surface area contributed by atoms with Crippen LogP contribution in [0.3, 0.4) is 0 Å². The summed E-state index contributed by atoms with van der Waals surface area (Å²) in [5.74, 6) is 0.414. The van der Waals surface area contributed by atoms with Crippen molar-refractivity contribution in [2.75, 3.05) is 0 Å². The maximum atomic E-state index is 12.5. The molecule has 5 aromatic rings. The smallest absolute Gasteiger partial charge is 0.313 e. The largest absolute Gasteiger partial charge is 0.486 e. The second-order valence-electron chi connectivity index (χ2n) is 9.72. The lowest BCUT2D eigenvalue weighted by Gasteiger charge is -2.10. The van der Waals surface area contributed by atoms with E-state index in [4.69, 9.17) is 37.1 Å². The van der Waals surface area contributed by atoms with Crippen LogP contribution in [-0.2, 0) is 13.2 Å². The van der Waals surface area contributed by atoms with Crippen molar-refractivity contribution in [1.29, 1.82) is 0 Å². The zero-order valence-electron chi connectivity index (χ0n) is 23.6. The van der Waals surface area contributed by atoms with E-state index in [1.165, 1.54) is 24.4 Å². The van der Waals surface area contributed by atoms with E-state index < -0.39 is 10.8 Å². The summed E-state index contributed by atoms with van der Waals surface area (Å²) in [5, 5.41) is 16.2. The minimum Gasteiger partial charge on any atom is -0.486 e. The molecule has 0 atom stereocenters. The lowest BCUT2D eigenvalue weighted by molar-refractivity contribution is -0.385. The fourth-order valence-electron chi connectivity index (χ4n) is 4.41. The Morgan fingerprint density at radius 2 is 1.66 bits per heavy atom. The van der Waals surface area contributed by atoms with Crippen LogP contribution in [0.4, 0.5) is 5.69 Å². The van der Waals surface area contributed by atoms with Crippen molar-refractivity contribution in [3.05, 3.63) is 139 Å². The SMILES string of the molecule is Cc1ccc(C)n1-c1ccc(OCc2ccc(C(=O)N/N=C/c3cc(Cl)c(OCc4ccc(Cl)cc4)c([N+](=O)[O-])c3)o2)cc1. The molecule has 0 aliphatic heterocycles. The number of hydrogen-bond donors (Lipinski definition) is 1. The van der Waals surface area contributed by atoms with Crippen LogP contribution in [0.2, 0.25) is 10.0 Å². The molecule has 0 saturated carbocycles. The highest BCUT2D eigenvalue weighted by Gasteiger charge is 2.21. The third-order valence-corrected chi connectivity index (χ3v) is 7.08. The maximum Gasteiger partial charge on any atom is 0.313 e. The Bertz CT molecular complexity index is 1810. The standard InChI is InChI=1S/C32H26Cl2N4O6/c1-20-3-4-21(2)37(20)25-9-11-26(12-10-25)42-19-27-13-14-30(44-27)32(39)36-35-17-23-15-28(34)31(29(16-23)38(40)41)43-18-22-5-7-24(33)8-6-22/h3-17H,18-19H2,1-2H3,(H,36,39)/b35-17+. The van der Waals surface area contributed by atoms with Crippen molar-refractivity contribution < 1.29 is 23.6 Å². The molecule has 0 saturated heterocycles. The minimum absolute atomic E-state index is 0.0150. The van der Waals surface area contributed by atoms with Gasteiger partial charge in [0.2, 0.25) is 5.75 Å². The van der Waals surface area contributed by atoms with E-state index in [0.717, 1.165) is 22.6 Å². The van der Waals surface area contributed by atoms with Crippen molar-refractivity contribution in [2.45, 2.75) is 27.1 Å². The summed E-state index contributed by atoms with van der Waals surface area (Å²) < 4.78 is 19.2. The number of nitrogens with zero attached hydrogens (tertiary/aromatic N) is 3. The van der Waals surface area contributed by atoms with E-state index in [9.17, 15) is 14.9 Å². The summed E-state index contributed by atoms with van der Waals surface area (Å²) in [6, 6.07) is 24.5. The van der Waals surface area contributed by atoms with Gasteiger partial charge in [0.05, 0.1) is 16.2 Å². The first-order valence-corrected chi connectivity index (χ1v) is 14.1. The van der Waals surface area contributed by atoms with Gasteiger partial charge in [-0.15, -0.1) is 0 Å². The fourth-order valence-corrected chi connectivity index (χ4v) is 4.81. The van der Waals surface area contributed by atoms with Gasteiger partial charge in [-0.2, -0.15) is 5.10 Å². The third kappa shape index (κ3) is 7.28. The van der Waals surface area contributed by atoms with Gasteiger partial charge in [0, 0.05) is 33.7 Å². The van der Waals surface area contributed by atoms with E-state index in [-0.39, 0.29) is 41.0 Å². The van der Waals surface area contributed by atoms with E-state index in [1.54, 1.807) is 30.3 Å². The molecule has 0 unspecified atom stereocenters. The Hall–Kier alpha value is -5.06. The number of furan rings is 1. The van der Waals surface area contributed by atoms with Crippen molar-refractivity contribution in [1.82, 2.24) is 9.99 Å². The molecule has 0 bridgehead atoms. The first kappa shape index (κ1) is 30.4. The van der Waals surface area contributed by atoms with Gasteiger partial charge in [-0.25, -0.2) is 5.43 Å².